The molecule has 1 heterocycles. The van der Waals surface area contributed by atoms with Gasteiger partial charge in [-0.25, -0.2) is 0 Å². The molecular weight excluding hydrogens is 166 g/mol. The maximum atomic E-state index is 10.9. The summed E-state index contributed by atoms with van der Waals surface area (Å²) in [6.07, 6.45) is 1.78. The van der Waals surface area contributed by atoms with Crippen LogP contribution >= 0.6 is 0 Å². The van der Waals surface area contributed by atoms with Crippen LogP contribution in [0.25, 0.3) is 0 Å². The molecule has 1 fully saturated rings. The van der Waals surface area contributed by atoms with Crippen molar-refractivity contribution in [2.24, 2.45) is 11.8 Å². The second kappa shape index (κ2) is 4.09. The molecule has 13 heavy (non-hydrogen) atoms. The van der Waals surface area contributed by atoms with Crippen molar-refractivity contribution in [2.75, 3.05) is 0 Å². The largest absolute Gasteiger partial charge is 0.481 e. The lowest BCUT2D eigenvalue weighted by molar-refractivity contribution is -0.144. The summed E-state index contributed by atoms with van der Waals surface area (Å²) in [7, 11) is 0. The average Bonchev–Trinajstić information content (AvgIpc) is 2.03. The zero-order valence-electron chi connectivity index (χ0n) is 8.58. The Bertz CT molecular complexity index is 191. The molecule has 1 saturated heterocycles. The Balaban J connectivity index is 2.66. The highest BCUT2D eigenvalue weighted by Gasteiger charge is 2.34. The number of piperidine rings is 1. The second-order valence-corrected chi connectivity index (χ2v) is 4.36. The van der Waals surface area contributed by atoms with E-state index in [1.807, 2.05) is 0 Å². The molecule has 2 N–H and O–H groups in total. The summed E-state index contributed by atoms with van der Waals surface area (Å²) in [5, 5.41) is 12.4. The minimum atomic E-state index is -0.655. The average molecular weight is 185 g/mol. The van der Waals surface area contributed by atoms with Gasteiger partial charge in [0.2, 0.25) is 0 Å². The van der Waals surface area contributed by atoms with Gasteiger partial charge in [-0.3, -0.25) is 4.79 Å². The lowest BCUT2D eigenvalue weighted by Gasteiger charge is -2.36. The molecule has 0 aliphatic carbocycles. The molecule has 1 aliphatic rings. The van der Waals surface area contributed by atoms with Crippen molar-refractivity contribution >= 4 is 5.97 Å². The van der Waals surface area contributed by atoms with Gasteiger partial charge in [0.15, 0.2) is 0 Å². The molecule has 0 radical (unpaired) electrons. The molecular formula is C10H19NO2. The highest BCUT2D eigenvalue weighted by molar-refractivity contribution is 5.71. The maximum absolute atomic E-state index is 10.9. The zero-order valence-corrected chi connectivity index (χ0v) is 8.58. The summed E-state index contributed by atoms with van der Waals surface area (Å²) in [5.74, 6) is -0.460. The van der Waals surface area contributed by atoms with Gasteiger partial charge in [-0.1, -0.05) is 13.8 Å². The van der Waals surface area contributed by atoms with Crippen molar-refractivity contribution in [3.05, 3.63) is 0 Å². The monoisotopic (exact) mass is 185 g/mol. The molecule has 1 rings (SSSR count). The van der Waals surface area contributed by atoms with Gasteiger partial charge in [0.1, 0.15) is 0 Å². The lowest BCUT2D eigenvalue weighted by Crippen LogP contribution is -2.51. The van der Waals surface area contributed by atoms with Gasteiger partial charge in [0, 0.05) is 12.1 Å². The quantitative estimate of drug-likeness (QED) is 0.685. The van der Waals surface area contributed by atoms with Crippen LogP contribution in [0.3, 0.4) is 0 Å². The second-order valence-electron chi connectivity index (χ2n) is 4.36. The fourth-order valence-electron chi connectivity index (χ4n) is 2.07. The van der Waals surface area contributed by atoms with E-state index < -0.39 is 5.97 Å². The van der Waals surface area contributed by atoms with Crippen LogP contribution in [0.4, 0.5) is 0 Å². The number of carbonyl (C=O) groups is 1. The fraction of sp³-hybridized carbons (Fsp3) is 0.900. The van der Waals surface area contributed by atoms with E-state index >= 15 is 0 Å². The fourth-order valence-corrected chi connectivity index (χ4v) is 2.07. The Labute approximate surface area is 79.5 Å². The summed E-state index contributed by atoms with van der Waals surface area (Å²) in [5.41, 5.74) is 0. The zero-order chi connectivity index (χ0) is 10.0. The molecule has 0 aromatic heterocycles. The van der Waals surface area contributed by atoms with Crippen molar-refractivity contribution in [2.45, 2.75) is 45.7 Å². The lowest BCUT2D eigenvalue weighted by atomic mass is 9.82. The number of carboxylic acid groups (broad SMARTS) is 1. The van der Waals surface area contributed by atoms with Gasteiger partial charge in [-0.05, 0) is 25.7 Å². The van der Waals surface area contributed by atoms with Crippen LogP contribution in [-0.4, -0.2) is 23.2 Å². The predicted molar refractivity (Wildman–Crippen MR) is 51.6 cm³/mol. The molecule has 3 atom stereocenters. The summed E-state index contributed by atoms with van der Waals surface area (Å²) in [6, 6.07) is 0.601. The van der Waals surface area contributed by atoms with E-state index in [1.54, 1.807) is 0 Å². The van der Waals surface area contributed by atoms with Gasteiger partial charge in [0.05, 0.1) is 5.92 Å². The molecule has 0 aromatic carbocycles. The molecule has 0 aromatic rings. The molecule has 3 unspecified atom stereocenters. The van der Waals surface area contributed by atoms with E-state index in [-0.39, 0.29) is 12.0 Å². The van der Waals surface area contributed by atoms with Gasteiger partial charge < -0.3 is 10.4 Å². The van der Waals surface area contributed by atoms with Crippen LogP contribution in [0.1, 0.15) is 33.6 Å². The smallest absolute Gasteiger partial charge is 0.308 e. The molecule has 1 aliphatic heterocycles. The van der Waals surface area contributed by atoms with Gasteiger partial charge in [-0.15, -0.1) is 0 Å². The molecule has 0 saturated carbocycles. The van der Waals surface area contributed by atoms with E-state index in [2.05, 4.69) is 26.1 Å². The number of rotatable bonds is 2. The van der Waals surface area contributed by atoms with Crippen LogP contribution in [-0.2, 0) is 4.79 Å². The summed E-state index contributed by atoms with van der Waals surface area (Å²) < 4.78 is 0. The van der Waals surface area contributed by atoms with E-state index in [0.717, 1.165) is 12.8 Å². The standard InChI is InChI=1S/C10H19NO2/c1-6(2)9-8(10(12)13)5-4-7(3)11-9/h6-9,11H,4-5H2,1-3H3,(H,12,13). The van der Waals surface area contributed by atoms with Crippen molar-refractivity contribution in [3.63, 3.8) is 0 Å². The molecule has 76 valence electrons. The Morgan fingerprint density at radius 2 is 2.08 bits per heavy atom. The van der Waals surface area contributed by atoms with Crippen molar-refractivity contribution in [1.82, 2.24) is 5.32 Å². The van der Waals surface area contributed by atoms with Crippen LogP contribution in [0, 0.1) is 11.8 Å². The third kappa shape index (κ3) is 2.44. The number of carboxylic acids is 1. The number of hydrogen-bond donors (Lipinski definition) is 2. The van der Waals surface area contributed by atoms with E-state index in [4.69, 9.17) is 5.11 Å². The topological polar surface area (TPSA) is 49.3 Å². The molecule has 0 bridgehead atoms. The first kappa shape index (κ1) is 10.5. The SMILES string of the molecule is CC1CCC(C(=O)O)C(C(C)C)N1. The first-order valence-electron chi connectivity index (χ1n) is 5.01. The predicted octanol–water partition coefficient (Wildman–Crippen LogP) is 1.48. The number of aliphatic carboxylic acids is 1. The minimum Gasteiger partial charge on any atom is -0.481 e. The van der Waals surface area contributed by atoms with Crippen molar-refractivity contribution in [1.29, 1.82) is 0 Å². The van der Waals surface area contributed by atoms with E-state index in [9.17, 15) is 4.79 Å². The van der Waals surface area contributed by atoms with Crippen LogP contribution < -0.4 is 5.32 Å². The Kier molecular flexibility index (Phi) is 3.31. The van der Waals surface area contributed by atoms with Crippen molar-refractivity contribution < 1.29 is 9.90 Å². The Morgan fingerprint density at radius 1 is 1.46 bits per heavy atom. The van der Waals surface area contributed by atoms with Crippen LogP contribution in [0.15, 0.2) is 0 Å². The summed E-state index contributed by atoms with van der Waals surface area (Å²) in [6.45, 7) is 6.27. The Hall–Kier alpha value is -0.570. The third-order valence-electron chi connectivity index (χ3n) is 2.86. The molecule has 0 amide bonds. The van der Waals surface area contributed by atoms with Gasteiger partial charge in [0.25, 0.3) is 0 Å². The molecule has 0 spiro atoms. The van der Waals surface area contributed by atoms with E-state index in [1.165, 1.54) is 0 Å². The highest BCUT2D eigenvalue weighted by Crippen LogP contribution is 2.24. The van der Waals surface area contributed by atoms with Gasteiger partial charge in [-0.2, -0.15) is 0 Å². The first-order chi connectivity index (χ1) is 6.02. The minimum absolute atomic E-state index is 0.140. The normalized spacial score (nSPS) is 34.9. The van der Waals surface area contributed by atoms with Gasteiger partial charge >= 0.3 is 5.97 Å². The maximum Gasteiger partial charge on any atom is 0.308 e. The number of nitrogens with one attached hydrogen (secondary N) is 1. The first-order valence-corrected chi connectivity index (χ1v) is 5.01. The third-order valence-corrected chi connectivity index (χ3v) is 2.86. The molecule has 3 heteroatoms. The number of hydrogen-bond acceptors (Lipinski definition) is 2. The van der Waals surface area contributed by atoms with E-state index in [0.29, 0.717) is 12.0 Å². The van der Waals surface area contributed by atoms with Crippen LogP contribution in [0.5, 0.6) is 0 Å². The highest BCUT2D eigenvalue weighted by atomic mass is 16.4. The van der Waals surface area contributed by atoms with Crippen LogP contribution in [0.2, 0.25) is 0 Å². The van der Waals surface area contributed by atoms with Crippen molar-refractivity contribution in [3.8, 4) is 0 Å². The summed E-state index contributed by atoms with van der Waals surface area (Å²) >= 11 is 0. The molecule has 3 nitrogen and oxygen atoms in total. The summed E-state index contributed by atoms with van der Waals surface area (Å²) in [4.78, 5) is 10.9. The Morgan fingerprint density at radius 3 is 2.54 bits per heavy atom.